The van der Waals surface area contributed by atoms with E-state index in [1.807, 2.05) is 0 Å². The van der Waals surface area contributed by atoms with Gasteiger partial charge in [0.25, 0.3) is 0 Å². The molecule has 0 aliphatic carbocycles. The van der Waals surface area contributed by atoms with Gasteiger partial charge in [-0.2, -0.15) is 0 Å². The predicted molar refractivity (Wildman–Crippen MR) is 76.7 cm³/mol. The third-order valence-electron chi connectivity index (χ3n) is 3.61. The highest BCUT2D eigenvalue weighted by Crippen LogP contribution is 2.14. The largest absolute Gasteiger partial charge is 0.323 e. The lowest BCUT2D eigenvalue weighted by molar-refractivity contribution is 0.228. The lowest BCUT2D eigenvalue weighted by Crippen LogP contribution is -2.45. The first-order chi connectivity index (χ1) is 8.79. The van der Waals surface area contributed by atoms with E-state index in [2.05, 4.69) is 41.4 Å². The third kappa shape index (κ3) is 3.80. The summed E-state index contributed by atoms with van der Waals surface area (Å²) in [6.07, 6.45) is 2.36. The smallest absolute Gasteiger partial charge is 0.0424 e. The average molecular weight is 247 g/mol. The SMILES string of the molecule is CCCc1ccc(C(N)CN2CCNCC2)cc1. The summed E-state index contributed by atoms with van der Waals surface area (Å²) in [5.74, 6) is 0. The minimum absolute atomic E-state index is 0.138. The number of hydrogen-bond donors (Lipinski definition) is 2. The highest BCUT2D eigenvalue weighted by atomic mass is 15.2. The molecule has 2 rings (SSSR count). The summed E-state index contributed by atoms with van der Waals surface area (Å²) in [7, 11) is 0. The number of nitrogens with zero attached hydrogens (tertiary/aromatic N) is 1. The van der Waals surface area contributed by atoms with Gasteiger partial charge in [0, 0.05) is 38.8 Å². The van der Waals surface area contributed by atoms with Crippen molar-refractivity contribution in [2.24, 2.45) is 5.73 Å². The van der Waals surface area contributed by atoms with Crippen LogP contribution in [0.1, 0.15) is 30.5 Å². The van der Waals surface area contributed by atoms with E-state index in [9.17, 15) is 0 Å². The Bertz CT molecular complexity index is 341. The monoisotopic (exact) mass is 247 g/mol. The summed E-state index contributed by atoms with van der Waals surface area (Å²) in [5.41, 5.74) is 8.96. The van der Waals surface area contributed by atoms with Crippen LogP contribution in [0.4, 0.5) is 0 Å². The molecule has 0 bridgehead atoms. The van der Waals surface area contributed by atoms with Crippen LogP contribution in [0.2, 0.25) is 0 Å². The molecule has 0 amide bonds. The van der Waals surface area contributed by atoms with Gasteiger partial charge in [-0.05, 0) is 17.5 Å². The topological polar surface area (TPSA) is 41.3 Å². The van der Waals surface area contributed by atoms with E-state index in [1.165, 1.54) is 17.5 Å². The predicted octanol–water partition coefficient (Wildman–Crippen LogP) is 1.54. The molecule has 1 heterocycles. The number of rotatable bonds is 5. The molecule has 1 aliphatic heterocycles. The maximum absolute atomic E-state index is 6.29. The van der Waals surface area contributed by atoms with Crippen molar-refractivity contribution in [3.05, 3.63) is 35.4 Å². The van der Waals surface area contributed by atoms with Gasteiger partial charge in [-0.25, -0.2) is 0 Å². The number of nitrogens with two attached hydrogens (primary N) is 1. The minimum atomic E-state index is 0.138. The molecular formula is C15H25N3. The molecule has 100 valence electrons. The number of benzene rings is 1. The van der Waals surface area contributed by atoms with E-state index in [0.717, 1.165) is 39.1 Å². The van der Waals surface area contributed by atoms with Crippen LogP contribution < -0.4 is 11.1 Å². The Hall–Kier alpha value is -0.900. The zero-order valence-electron chi connectivity index (χ0n) is 11.4. The van der Waals surface area contributed by atoms with Gasteiger partial charge in [-0.15, -0.1) is 0 Å². The molecular weight excluding hydrogens is 222 g/mol. The van der Waals surface area contributed by atoms with Crippen molar-refractivity contribution in [1.82, 2.24) is 10.2 Å². The number of aryl methyl sites for hydroxylation is 1. The van der Waals surface area contributed by atoms with Crippen LogP contribution in [0.25, 0.3) is 0 Å². The molecule has 18 heavy (non-hydrogen) atoms. The average Bonchev–Trinajstić information content (AvgIpc) is 2.41. The summed E-state index contributed by atoms with van der Waals surface area (Å²) in [6, 6.07) is 8.96. The number of piperazine rings is 1. The van der Waals surface area contributed by atoms with Gasteiger partial charge in [0.2, 0.25) is 0 Å². The molecule has 1 aliphatic rings. The van der Waals surface area contributed by atoms with Crippen LogP contribution in [0.3, 0.4) is 0 Å². The van der Waals surface area contributed by atoms with Crippen LogP contribution in [0, 0.1) is 0 Å². The van der Waals surface area contributed by atoms with Crippen LogP contribution in [0.5, 0.6) is 0 Å². The first-order valence-corrected chi connectivity index (χ1v) is 7.07. The van der Waals surface area contributed by atoms with Crippen molar-refractivity contribution < 1.29 is 0 Å². The van der Waals surface area contributed by atoms with Gasteiger partial charge in [0.1, 0.15) is 0 Å². The Labute approximate surface area is 110 Å². The second-order valence-electron chi connectivity index (χ2n) is 5.15. The van der Waals surface area contributed by atoms with Crippen molar-refractivity contribution in [2.75, 3.05) is 32.7 Å². The Kier molecular flexibility index (Phi) is 5.17. The van der Waals surface area contributed by atoms with E-state index in [-0.39, 0.29) is 6.04 Å². The molecule has 1 aromatic rings. The molecule has 3 heteroatoms. The fourth-order valence-corrected chi connectivity index (χ4v) is 2.50. The molecule has 1 fully saturated rings. The zero-order chi connectivity index (χ0) is 12.8. The summed E-state index contributed by atoms with van der Waals surface area (Å²) in [5, 5.41) is 3.37. The quantitative estimate of drug-likeness (QED) is 0.829. The second-order valence-corrected chi connectivity index (χ2v) is 5.15. The minimum Gasteiger partial charge on any atom is -0.323 e. The third-order valence-corrected chi connectivity index (χ3v) is 3.61. The van der Waals surface area contributed by atoms with E-state index < -0.39 is 0 Å². The highest BCUT2D eigenvalue weighted by molar-refractivity contribution is 5.25. The second kappa shape index (κ2) is 6.88. The molecule has 0 radical (unpaired) electrons. The van der Waals surface area contributed by atoms with Crippen LogP contribution >= 0.6 is 0 Å². The van der Waals surface area contributed by atoms with E-state index in [0.29, 0.717) is 0 Å². The fourth-order valence-electron chi connectivity index (χ4n) is 2.50. The van der Waals surface area contributed by atoms with Gasteiger partial charge < -0.3 is 11.1 Å². The first kappa shape index (κ1) is 13.5. The Morgan fingerprint density at radius 2 is 1.89 bits per heavy atom. The van der Waals surface area contributed by atoms with Gasteiger partial charge >= 0.3 is 0 Å². The summed E-state index contributed by atoms with van der Waals surface area (Å²) < 4.78 is 0. The summed E-state index contributed by atoms with van der Waals surface area (Å²) in [4.78, 5) is 2.45. The normalized spacial score (nSPS) is 18.8. The van der Waals surface area contributed by atoms with Gasteiger partial charge in [-0.1, -0.05) is 37.6 Å². The zero-order valence-corrected chi connectivity index (χ0v) is 11.4. The fraction of sp³-hybridized carbons (Fsp3) is 0.600. The van der Waals surface area contributed by atoms with Crippen LogP contribution in [-0.4, -0.2) is 37.6 Å². The molecule has 1 unspecified atom stereocenters. The van der Waals surface area contributed by atoms with Crippen molar-refractivity contribution in [2.45, 2.75) is 25.8 Å². The molecule has 0 spiro atoms. The van der Waals surface area contributed by atoms with Crippen molar-refractivity contribution in [1.29, 1.82) is 0 Å². The number of nitrogens with one attached hydrogen (secondary N) is 1. The molecule has 1 saturated heterocycles. The van der Waals surface area contributed by atoms with Crippen LogP contribution in [0.15, 0.2) is 24.3 Å². The Morgan fingerprint density at radius 1 is 1.22 bits per heavy atom. The molecule has 3 N–H and O–H groups in total. The number of hydrogen-bond acceptors (Lipinski definition) is 3. The molecule has 3 nitrogen and oxygen atoms in total. The van der Waals surface area contributed by atoms with Gasteiger partial charge in [-0.3, -0.25) is 4.90 Å². The molecule has 0 saturated carbocycles. The summed E-state index contributed by atoms with van der Waals surface area (Å²) in [6.45, 7) is 7.58. The van der Waals surface area contributed by atoms with Crippen molar-refractivity contribution >= 4 is 0 Å². The summed E-state index contributed by atoms with van der Waals surface area (Å²) >= 11 is 0. The maximum Gasteiger partial charge on any atom is 0.0424 e. The molecule has 1 atom stereocenters. The van der Waals surface area contributed by atoms with E-state index >= 15 is 0 Å². The van der Waals surface area contributed by atoms with Gasteiger partial charge in [0.05, 0.1) is 0 Å². The Balaban J connectivity index is 1.89. The van der Waals surface area contributed by atoms with E-state index in [4.69, 9.17) is 5.73 Å². The van der Waals surface area contributed by atoms with E-state index in [1.54, 1.807) is 0 Å². The first-order valence-electron chi connectivity index (χ1n) is 7.07. The lowest BCUT2D eigenvalue weighted by atomic mass is 10.0. The standard InChI is InChI=1S/C15H25N3/c1-2-3-13-4-6-14(7-5-13)15(16)12-18-10-8-17-9-11-18/h4-7,15,17H,2-3,8-12,16H2,1H3. The van der Waals surface area contributed by atoms with Crippen molar-refractivity contribution in [3.63, 3.8) is 0 Å². The maximum atomic E-state index is 6.29. The highest BCUT2D eigenvalue weighted by Gasteiger charge is 2.14. The molecule has 1 aromatic carbocycles. The lowest BCUT2D eigenvalue weighted by Gasteiger charge is -2.29. The Morgan fingerprint density at radius 3 is 2.50 bits per heavy atom. The van der Waals surface area contributed by atoms with Gasteiger partial charge in [0.15, 0.2) is 0 Å². The van der Waals surface area contributed by atoms with Crippen LogP contribution in [-0.2, 0) is 6.42 Å². The molecule has 0 aromatic heterocycles. The van der Waals surface area contributed by atoms with Crippen molar-refractivity contribution in [3.8, 4) is 0 Å².